The van der Waals surface area contributed by atoms with Crippen molar-refractivity contribution in [1.29, 1.82) is 0 Å². The van der Waals surface area contributed by atoms with Gasteiger partial charge < -0.3 is 0 Å². The fourth-order valence-electron chi connectivity index (χ4n) is 2.71. The Kier molecular flexibility index (Phi) is 8.30. The Hall–Kier alpha value is -0.0505. The van der Waals surface area contributed by atoms with Crippen molar-refractivity contribution in [1.82, 2.24) is 4.90 Å². The van der Waals surface area contributed by atoms with E-state index in [2.05, 4.69) is 60.9 Å². The molecule has 2 nitrogen and oxygen atoms in total. The number of nitrogens with zero attached hydrogens (tertiary/aromatic N) is 1. The number of carbonyl (C=O) groups excluding carboxylic acids is 1. The molecule has 0 aliphatic heterocycles. The van der Waals surface area contributed by atoms with Crippen molar-refractivity contribution in [2.45, 2.75) is 76.1 Å². The maximum atomic E-state index is 12.9. The molecule has 4 heteroatoms. The first-order valence-corrected chi connectivity index (χ1v) is 14.2. The summed E-state index contributed by atoms with van der Waals surface area (Å²) in [5.41, 5.74) is 0.996. The maximum absolute atomic E-state index is 12.9. The van der Waals surface area contributed by atoms with Crippen LogP contribution in [0.15, 0.2) is 23.8 Å². The molecular formula is C17H29BrNOSe+. The molecule has 0 aromatic rings. The molecule has 1 amide bonds. The van der Waals surface area contributed by atoms with E-state index in [4.69, 9.17) is 0 Å². The van der Waals surface area contributed by atoms with Gasteiger partial charge >= 0.3 is 142 Å². The number of halogens is 1. The Morgan fingerprint density at radius 3 is 2.43 bits per heavy atom. The minimum absolute atomic E-state index is 0.221. The fraction of sp³-hybridized carbons (Fsp3) is 0.706. The average molecular weight is 422 g/mol. The van der Waals surface area contributed by atoms with Gasteiger partial charge in [-0.3, -0.25) is 0 Å². The molecule has 1 aliphatic carbocycles. The molecule has 0 N–H and O–H groups in total. The Balaban J connectivity index is 2.75. The summed E-state index contributed by atoms with van der Waals surface area (Å²) in [7, 11) is 0. The first-order chi connectivity index (χ1) is 9.90. The molecule has 1 rings (SSSR count). The van der Waals surface area contributed by atoms with Gasteiger partial charge in [-0.15, -0.1) is 0 Å². The number of rotatable bonds is 8. The molecule has 21 heavy (non-hydrogen) atoms. The van der Waals surface area contributed by atoms with Crippen LogP contribution in [0.5, 0.6) is 0 Å². The van der Waals surface area contributed by atoms with E-state index in [1.165, 1.54) is 24.6 Å². The molecule has 0 aromatic carbocycles. The van der Waals surface area contributed by atoms with E-state index in [-0.39, 0.29) is 18.0 Å². The van der Waals surface area contributed by atoms with E-state index < -0.39 is 12.1 Å². The van der Waals surface area contributed by atoms with Gasteiger partial charge in [-0.05, 0) is 0 Å². The zero-order valence-electron chi connectivity index (χ0n) is 13.9. The third kappa shape index (κ3) is 5.26. The van der Waals surface area contributed by atoms with Crippen LogP contribution in [-0.4, -0.2) is 35.0 Å². The minimum atomic E-state index is -0.949. The monoisotopic (exact) mass is 422 g/mol. The van der Waals surface area contributed by atoms with Crippen molar-refractivity contribution in [3.8, 4) is 0 Å². The number of amides is 1. The second-order valence-corrected chi connectivity index (χ2v) is 13.9. The summed E-state index contributed by atoms with van der Waals surface area (Å²) < 4.78 is 0. The Morgan fingerprint density at radius 1 is 1.29 bits per heavy atom. The van der Waals surface area contributed by atoms with Gasteiger partial charge in [-0.25, -0.2) is 0 Å². The summed E-state index contributed by atoms with van der Waals surface area (Å²) in [4.78, 5) is 15.2. The Morgan fingerprint density at radius 2 is 1.90 bits per heavy atom. The second kappa shape index (κ2) is 9.17. The predicted octanol–water partition coefficient (Wildman–Crippen LogP) is 5.07. The number of allylic oxidation sites excluding steroid dienone is 3. The number of carbonyl (C=O) groups is 1. The van der Waals surface area contributed by atoms with E-state index in [0.717, 1.165) is 5.57 Å². The Bertz CT molecular complexity index is 396. The van der Waals surface area contributed by atoms with Gasteiger partial charge in [0, 0.05) is 0 Å². The predicted molar refractivity (Wildman–Crippen MR) is 97.1 cm³/mol. The van der Waals surface area contributed by atoms with Gasteiger partial charge in [0.15, 0.2) is 0 Å². The van der Waals surface area contributed by atoms with Crippen LogP contribution >= 0.6 is 14.1 Å². The number of unbranched alkanes of at least 4 members (excludes halogenated alkanes) is 2. The van der Waals surface area contributed by atoms with Crippen molar-refractivity contribution in [3.05, 3.63) is 23.8 Å². The molecule has 1 aliphatic rings. The molecular weight excluding hydrogens is 393 g/mol. The second-order valence-electron chi connectivity index (χ2n) is 6.10. The normalized spacial score (nSPS) is 19.2. The van der Waals surface area contributed by atoms with E-state index in [0.29, 0.717) is 4.82 Å². The third-order valence-corrected chi connectivity index (χ3v) is 10.9. The van der Waals surface area contributed by atoms with Crippen LogP contribution < -0.4 is 0 Å². The Labute approximate surface area is 141 Å². The van der Waals surface area contributed by atoms with Gasteiger partial charge in [-0.2, -0.15) is 0 Å². The first kappa shape index (κ1) is 19.0. The molecule has 0 saturated heterocycles. The van der Waals surface area contributed by atoms with E-state index in [1.54, 1.807) is 0 Å². The van der Waals surface area contributed by atoms with Crippen LogP contribution in [0.25, 0.3) is 0 Å². The van der Waals surface area contributed by atoms with Crippen molar-refractivity contribution >= 4 is 32.1 Å². The van der Waals surface area contributed by atoms with Crippen LogP contribution in [0.2, 0.25) is 10.1 Å². The summed E-state index contributed by atoms with van der Waals surface area (Å²) >= 11 is 2.98. The molecule has 0 radical (unpaired) electrons. The number of hydrogen-bond donors (Lipinski definition) is 0. The van der Waals surface area contributed by atoms with Crippen molar-refractivity contribution in [2.75, 3.05) is 0 Å². The van der Waals surface area contributed by atoms with E-state index in [1.807, 2.05) is 11.0 Å². The topological polar surface area (TPSA) is 20.3 Å². The molecule has 2 atom stereocenters. The van der Waals surface area contributed by atoms with Gasteiger partial charge in [0.1, 0.15) is 0 Å². The third-order valence-electron chi connectivity index (χ3n) is 3.68. The van der Waals surface area contributed by atoms with Crippen molar-refractivity contribution in [3.63, 3.8) is 0 Å². The van der Waals surface area contributed by atoms with E-state index >= 15 is 0 Å². The van der Waals surface area contributed by atoms with Crippen LogP contribution in [0, 0.1) is 0 Å². The van der Waals surface area contributed by atoms with E-state index in [9.17, 15) is 4.79 Å². The fourth-order valence-corrected chi connectivity index (χ4v) is 8.63. The summed E-state index contributed by atoms with van der Waals surface area (Å²) in [5, 5.41) is 1.25. The van der Waals surface area contributed by atoms with Crippen molar-refractivity contribution < 1.29 is 4.79 Å². The molecule has 0 saturated carbocycles. The average Bonchev–Trinajstić information content (AvgIpc) is 2.87. The van der Waals surface area contributed by atoms with Crippen molar-refractivity contribution in [2.24, 2.45) is 0 Å². The molecule has 2 unspecified atom stereocenters. The van der Waals surface area contributed by atoms with Crippen LogP contribution in [0.3, 0.4) is 0 Å². The molecule has 120 valence electrons. The van der Waals surface area contributed by atoms with Gasteiger partial charge in [-0.1, -0.05) is 0 Å². The summed E-state index contributed by atoms with van der Waals surface area (Å²) in [6.45, 7) is 10.6. The SMILES string of the molecule is CCCCC[Se+](Br)C1C=CC=C1C(=O)N(C(C)C)C(C)C. The van der Waals surface area contributed by atoms with Crippen LogP contribution in [0.4, 0.5) is 0 Å². The first-order valence-electron chi connectivity index (χ1n) is 7.97. The van der Waals surface area contributed by atoms with Crippen LogP contribution in [-0.2, 0) is 4.79 Å². The van der Waals surface area contributed by atoms with Gasteiger partial charge in [0.05, 0.1) is 0 Å². The molecule has 0 fully saturated rings. The molecule has 0 heterocycles. The standard InChI is InChI=1S/C17H29BrNOSe/c1-6-7-8-12-21(18)16-11-9-10-15(16)17(20)19(13(2)3)14(4)5/h9-11,13-14,16H,6-8,12H2,1-5H3/q+1. The summed E-state index contributed by atoms with van der Waals surface area (Å²) in [6, 6.07) is 0.488. The molecule has 0 aromatic heterocycles. The van der Waals surface area contributed by atoms with Gasteiger partial charge in [0.2, 0.25) is 0 Å². The summed E-state index contributed by atoms with van der Waals surface area (Å²) in [6.07, 6.45) is 10.1. The quantitative estimate of drug-likeness (QED) is 0.395. The number of hydrogen-bond acceptors (Lipinski definition) is 1. The zero-order valence-corrected chi connectivity index (χ0v) is 17.2. The van der Waals surface area contributed by atoms with Crippen LogP contribution in [0.1, 0.15) is 53.9 Å². The van der Waals surface area contributed by atoms with Gasteiger partial charge in [0.25, 0.3) is 0 Å². The summed E-state index contributed by atoms with van der Waals surface area (Å²) in [5.74, 6) is 0.221. The molecule has 0 spiro atoms. The molecule has 0 bridgehead atoms. The zero-order chi connectivity index (χ0) is 16.0.